The Morgan fingerprint density at radius 2 is 2.06 bits per heavy atom. The van der Waals surface area contributed by atoms with Gasteiger partial charge in [0.05, 0.1) is 5.56 Å². The first kappa shape index (κ1) is 13.2. The van der Waals surface area contributed by atoms with E-state index in [2.05, 4.69) is 24.5 Å². The van der Waals surface area contributed by atoms with Crippen molar-refractivity contribution in [3.63, 3.8) is 0 Å². The van der Waals surface area contributed by atoms with Gasteiger partial charge in [0.2, 0.25) is 0 Å². The standard InChI is InChI=1S/C14H19ClN2O/c1-14(2,9-4-5-9)17-13(18)11-8-10(15)6-7-12(11)16-3/h6-9,16H,4-5H2,1-3H3,(H,17,18). The zero-order chi connectivity index (χ0) is 13.3. The highest BCUT2D eigenvalue weighted by molar-refractivity contribution is 6.31. The van der Waals surface area contributed by atoms with Crippen molar-refractivity contribution >= 4 is 23.2 Å². The van der Waals surface area contributed by atoms with E-state index in [1.54, 1.807) is 19.2 Å². The second kappa shape index (κ2) is 4.81. The molecule has 18 heavy (non-hydrogen) atoms. The Bertz CT molecular complexity index is 467. The van der Waals surface area contributed by atoms with Gasteiger partial charge in [0, 0.05) is 23.3 Å². The average Bonchev–Trinajstić information content (AvgIpc) is 3.12. The van der Waals surface area contributed by atoms with Crippen LogP contribution in [0.15, 0.2) is 18.2 Å². The molecule has 0 saturated heterocycles. The van der Waals surface area contributed by atoms with E-state index in [1.165, 1.54) is 12.8 Å². The van der Waals surface area contributed by atoms with E-state index in [0.29, 0.717) is 16.5 Å². The third kappa shape index (κ3) is 2.78. The molecule has 0 unspecified atom stereocenters. The maximum Gasteiger partial charge on any atom is 0.253 e. The second-order valence-corrected chi connectivity index (χ2v) is 5.83. The molecular weight excluding hydrogens is 248 g/mol. The Hall–Kier alpha value is -1.22. The summed E-state index contributed by atoms with van der Waals surface area (Å²) in [4.78, 5) is 12.3. The predicted octanol–water partition coefficient (Wildman–Crippen LogP) is 3.30. The summed E-state index contributed by atoms with van der Waals surface area (Å²) < 4.78 is 0. The summed E-state index contributed by atoms with van der Waals surface area (Å²) in [6, 6.07) is 5.29. The largest absolute Gasteiger partial charge is 0.387 e. The zero-order valence-corrected chi connectivity index (χ0v) is 11.8. The van der Waals surface area contributed by atoms with E-state index in [0.717, 1.165) is 5.69 Å². The Morgan fingerprint density at radius 1 is 1.39 bits per heavy atom. The summed E-state index contributed by atoms with van der Waals surface area (Å²) >= 11 is 5.96. The summed E-state index contributed by atoms with van der Waals surface area (Å²) in [5.41, 5.74) is 1.24. The molecule has 0 aliphatic heterocycles. The SMILES string of the molecule is CNc1ccc(Cl)cc1C(=O)NC(C)(C)C1CC1. The molecule has 0 spiro atoms. The van der Waals surface area contributed by atoms with E-state index >= 15 is 0 Å². The number of anilines is 1. The normalized spacial score (nSPS) is 15.3. The van der Waals surface area contributed by atoms with Crippen molar-refractivity contribution in [2.24, 2.45) is 5.92 Å². The van der Waals surface area contributed by atoms with Crippen molar-refractivity contribution in [1.82, 2.24) is 5.32 Å². The molecule has 98 valence electrons. The summed E-state index contributed by atoms with van der Waals surface area (Å²) in [7, 11) is 1.80. The van der Waals surface area contributed by atoms with Crippen LogP contribution in [0.2, 0.25) is 5.02 Å². The molecule has 2 rings (SSSR count). The summed E-state index contributed by atoms with van der Waals surface area (Å²) in [6.07, 6.45) is 2.39. The van der Waals surface area contributed by atoms with Crippen LogP contribution in [0.4, 0.5) is 5.69 Å². The molecule has 2 N–H and O–H groups in total. The molecule has 1 amide bonds. The number of rotatable bonds is 4. The first-order valence-electron chi connectivity index (χ1n) is 6.24. The highest BCUT2D eigenvalue weighted by atomic mass is 35.5. The molecule has 0 heterocycles. The lowest BCUT2D eigenvalue weighted by Crippen LogP contribution is -2.45. The number of hydrogen-bond donors (Lipinski definition) is 2. The van der Waals surface area contributed by atoms with E-state index in [4.69, 9.17) is 11.6 Å². The lowest BCUT2D eigenvalue weighted by Gasteiger charge is -2.26. The smallest absolute Gasteiger partial charge is 0.253 e. The number of carbonyl (C=O) groups excluding carboxylic acids is 1. The van der Waals surface area contributed by atoms with E-state index in [1.807, 2.05) is 6.07 Å². The molecule has 1 fully saturated rings. The van der Waals surface area contributed by atoms with Crippen LogP contribution in [0.1, 0.15) is 37.0 Å². The van der Waals surface area contributed by atoms with E-state index in [9.17, 15) is 4.79 Å². The third-order valence-electron chi connectivity index (χ3n) is 3.53. The highest BCUT2D eigenvalue weighted by Gasteiger charge is 2.39. The Balaban J connectivity index is 2.20. The number of benzene rings is 1. The van der Waals surface area contributed by atoms with Gasteiger partial charge in [-0.3, -0.25) is 4.79 Å². The summed E-state index contributed by atoms with van der Waals surface area (Å²) in [5, 5.41) is 6.69. The Morgan fingerprint density at radius 3 is 2.61 bits per heavy atom. The molecule has 1 aromatic carbocycles. The van der Waals surface area contributed by atoms with Crippen LogP contribution in [0, 0.1) is 5.92 Å². The van der Waals surface area contributed by atoms with Crippen molar-refractivity contribution < 1.29 is 4.79 Å². The molecular formula is C14H19ClN2O. The minimum atomic E-state index is -0.148. The quantitative estimate of drug-likeness (QED) is 0.878. The van der Waals surface area contributed by atoms with E-state index in [-0.39, 0.29) is 11.4 Å². The van der Waals surface area contributed by atoms with Gasteiger partial charge in [-0.2, -0.15) is 0 Å². The van der Waals surface area contributed by atoms with Gasteiger partial charge >= 0.3 is 0 Å². The van der Waals surface area contributed by atoms with Crippen LogP contribution >= 0.6 is 11.6 Å². The van der Waals surface area contributed by atoms with Gasteiger partial charge in [-0.1, -0.05) is 11.6 Å². The number of hydrogen-bond acceptors (Lipinski definition) is 2. The van der Waals surface area contributed by atoms with Crippen LogP contribution < -0.4 is 10.6 Å². The zero-order valence-electron chi connectivity index (χ0n) is 11.0. The molecule has 4 heteroatoms. The summed E-state index contributed by atoms with van der Waals surface area (Å²) in [5.74, 6) is 0.525. The maximum atomic E-state index is 12.3. The van der Waals surface area contributed by atoms with Crippen LogP contribution in [-0.2, 0) is 0 Å². The molecule has 1 aromatic rings. The van der Waals surface area contributed by atoms with Crippen molar-refractivity contribution in [2.45, 2.75) is 32.2 Å². The van der Waals surface area contributed by atoms with Crippen LogP contribution in [0.5, 0.6) is 0 Å². The lowest BCUT2D eigenvalue weighted by atomic mass is 9.98. The molecule has 1 saturated carbocycles. The van der Waals surface area contributed by atoms with Crippen LogP contribution in [0.3, 0.4) is 0 Å². The molecule has 3 nitrogen and oxygen atoms in total. The van der Waals surface area contributed by atoms with Crippen LogP contribution in [0.25, 0.3) is 0 Å². The lowest BCUT2D eigenvalue weighted by molar-refractivity contribution is 0.0904. The minimum Gasteiger partial charge on any atom is -0.387 e. The van der Waals surface area contributed by atoms with Gasteiger partial charge in [0.1, 0.15) is 0 Å². The molecule has 1 aliphatic rings. The minimum absolute atomic E-state index is 0.0706. The fourth-order valence-corrected chi connectivity index (χ4v) is 2.36. The van der Waals surface area contributed by atoms with Gasteiger partial charge < -0.3 is 10.6 Å². The predicted molar refractivity (Wildman–Crippen MR) is 75.3 cm³/mol. The van der Waals surface area contributed by atoms with Crippen molar-refractivity contribution in [2.75, 3.05) is 12.4 Å². The molecule has 0 bridgehead atoms. The number of nitrogens with one attached hydrogen (secondary N) is 2. The summed E-state index contributed by atoms with van der Waals surface area (Å²) in [6.45, 7) is 4.15. The van der Waals surface area contributed by atoms with Gasteiger partial charge in [-0.05, 0) is 50.8 Å². The molecule has 0 aromatic heterocycles. The monoisotopic (exact) mass is 266 g/mol. The number of amides is 1. The number of carbonyl (C=O) groups is 1. The van der Waals surface area contributed by atoms with E-state index < -0.39 is 0 Å². The Kier molecular flexibility index (Phi) is 3.53. The van der Waals surface area contributed by atoms with Crippen molar-refractivity contribution in [3.05, 3.63) is 28.8 Å². The van der Waals surface area contributed by atoms with Gasteiger partial charge in [-0.25, -0.2) is 0 Å². The van der Waals surface area contributed by atoms with Gasteiger partial charge in [0.25, 0.3) is 5.91 Å². The number of halogens is 1. The van der Waals surface area contributed by atoms with Gasteiger partial charge in [0.15, 0.2) is 0 Å². The molecule has 0 atom stereocenters. The first-order chi connectivity index (χ1) is 8.44. The maximum absolute atomic E-state index is 12.3. The highest BCUT2D eigenvalue weighted by Crippen LogP contribution is 2.39. The van der Waals surface area contributed by atoms with Crippen molar-refractivity contribution in [1.29, 1.82) is 0 Å². The third-order valence-corrected chi connectivity index (χ3v) is 3.76. The topological polar surface area (TPSA) is 41.1 Å². The first-order valence-corrected chi connectivity index (χ1v) is 6.61. The fraction of sp³-hybridized carbons (Fsp3) is 0.500. The average molecular weight is 267 g/mol. The molecule has 0 radical (unpaired) electrons. The van der Waals surface area contributed by atoms with Crippen molar-refractivity contribution in [3.8, 4) is 0 Å². The van der Waals surface area contributed by atoms with Crippen LogP contribution in [-0.4, -0.2) is 18.5 Å². The Labute approximate surface area is 113 Å². The second-order valence-electron chi connectivity index (χ2n) is 5.39. The molecule has 1 aliphatic carbocycles. The fourth-order valence-electron chi connectivity index (χ4n) is 2.19. The van der Waals surface area contributed by atoms with Gasteiger partial charge in [-0.15, -0.1) is 0 Å².